The van der Waals surface area contributed by atoms with Gasteiger partial charge in [-0.05, 0) is 73.0 Å². The lowest BCUT2D eigenvalue weighted by molar-refractivity contribution is -0.111. The molecule has 0 radical (unpaired) electrons. The van der Waals surface area contributed by atoms with Crippen molar-refractivity contribution >= 4 is 33.4 Å². The van der Waals surface area contributed by atoms with Crippen LogP contribution in [-0.4, -0.2) is 27.5 Å². The Hall–Kier alpha value is -3.78. The average Bonchev–Trinajstić information content (AvgIpc) is 3.03. The molecule has 0 aromatic heterocycles. The second-order valence-corrected chi connectivity index (χ2v) is 9.69. The molecule has 0 bridgehead atoms. The molecule has 1 heterocycles. The molecule has 3 aromatic carbocycles. The Morgan fingerprint density at radius 3 is 2.50 bits per heavy atom. The van der Waals surface area contributed by atoms with E-state index in [2.05, 4.69) is 10.0 Å². The third-order valence-electron chi connectivity index (χ3n) is 5.21. The van der Waals surface area contributed by atoms with Gasteiger partial charge in [0.15, 0.2) is 11.5 Å². The van der Waals surface area contributed by atoms with Crippen molar-refractivity contribution in [3.8, 4) is 11.5 Å². The minimum atomic E-state index is -3.83. The first-order chi connectivity index (χ1) is 16.3. The van der Waals surface area contributed by atoms with Crippen molar-refractivity contribution in [1.29, 1.82) is 0 Å². The number of rotatable bonds is 6. The summed E-state index contributed by atoms with van der Waals surface area (Å²) in [6.45, 7) is 4.79. The molecule has 2 N–H and O–H groups in total. The van der Waals surface area contributed by atoms with Crippen LogP contribution in [0.2, 0.25) is 0 Å². The maximum Gasteiger partial charge on any atom is 0.262 e. The van der Waals surface area contributed by atoms with Gasteiger partial charge < -0.3 is 14.8 Å². The van der Waals surface area contributed by atoms with E-state index in [-0.39, 0.29) is 10.8 Å². The van der Waals surface area contributed by atoms with Crippen molar-refractivity contribution in [1.82, 2.24) is 0 Å². The topological polar surface area (TPSA) is 93.7 Å². The third-order valence-corrected chi connectivity index (χ3v) is 6.74. The molecule has 0 unspecified atom stereocenters. The fourth-order valence-electron chi connectivity index (χ4n) is 3.53. The van der Waals surface area contributed by atoms with Crippen molar-refractivity contribution in [2.24, 2.45) is 0 Å². The highest BCUT2D eigenvalue weighted by molar-refractivity contribution is 7.92. The van der Waals surface area contributed by atoms with Crippen LogP contribution in [0.4, 0.5) is 11.4 Å². The van der Waals surface area contributed by atoms with Crippen LogP contribution in [0.15, 0.2) is 71.6 Å². The molecule has 0 fully saturated rings. The predicted molar refractivity (Wildman–Crippen MR) is 133 cm³/mol. The number of aryl methyl sites for hydroxylation is 2. The number of fused-ring (bicyclic) bond motifs is 1. The van der Waals surface area contributed by atoms with Crippen LogP contribution < -0.4 is 19.5 Å². The fraction of sp³-hybridized carbons (Fsp3) is 0.192. The van der Waals surface area contributed by atoms with Gasteiger partial charge in [-0.15, -0.1) is 0 Å². The molecule has 3 aromatic rings. The van der Waals surface area contributed by atoms with Crippen molar-refractivity contribution < 1.29 is 22.7 Å². The molecule has 0 spiro atoms. The van der Waals surface area contributed by atoms with E-state index < -0.39 is 10.0 Å². The van der Waals surface area contributed by atoms with E-state index in [0.29, 0.717) is 41.7 Å². The number of carbonyl (C=O) groups is 1. The van der Waals surface area contributed by atoms with Gasteiger partial charge in [0.1, 0.15) is 0 Å². The number of hydrogen-bond acceptors (Lipinski definition) is 5. The van der Waals surface area contributed by atoms with Crippen LogP contribution >= 0.6 is 0 Å². The first kappa shape index (κ1) is 23.4. The minimum absolute atomic E-state index is 0.0960. The zero-order valence-corrected chi connectivity index (χ0v) is 19.8. The van der Waals surface area contributed by atoms with Crippen molar-refractivity contribution in [2.75, 3.05) is 23.3 Å². The number of sulfonamides is 1. The quantitative estimate of drug-likeness (QED) is 0.491. The van der Waals surface area contributed by atoms with Crippen molar-refractivity contribution in [3.63, 3.8) is 0 Å². The Morgan fingerprint density at radius 2 is 1.71 bits per heavy atom. The van der Waals surface area contributed by atoms with E-state index in [4.69, 9.17) is 9.47 Å². The summed E-state index contributed by atoms with van der Waals surface area (Å²) < 4.78 is 39.8. The van der Waals surface area contributed by atoms with Gasteiger partial charge in [0, 0.05) is 23.9 Å². The van der Waals surface area contributed by atoms with Gasteiger partial charge in [-0.2, -0.15) is 0 Å². The molecule has 4 rings (SSSR count). The van der Waals surface area contributed by atoms with E-state index in [1.165, 1.54) is 12.1 Å². The predicted octanol–water partition coefficient (Wildman–Crippen LogP) is 4.92. The number of carbonyl (C=O) groups excluding carboxylic acids is 1. The highest BCUT2D eigenvalue weighted by Crippen LogP contribution is 2.31. The Labute approximate surface area is 199 Å². The van der Waals surface area contributed by atoms with E-state index >= 15 is 0 Å². The van der Waals surface area contributed by atoms with Gasteiger partial charge in [-0.25, -0.2) is 8.42 Å². The lowest BCUT2D eigenvalue weighted by Gasteiger charge is -2.12. The van der Waals surface area contributed by atoms with Gasteiger partial charge in [0.25, 0.3) is 10.0 Å². The molecule has 8 heteroatoms. The second-order valence-electron chi connectivity index (χ2n) is 8.03. The summed E-state index contributed by atoms with van der Waals surface area (Å²) in [6, 6.07) is 17.4. The van der Waals surface area contributed by atoms with Gasteiger partial charge in [-0.1, -0.05) is 24.3 Å². The van der Waals surface area contributed by atoms with Crippen LogP contribution in [0.3, 0.4) is 0 Å². The summed E-state index contributed by atoms with van der Waals surface area (Å²) in [5.74, 6) is 0.951. The molecule has 7 nitrogen and oxygen atoms in total. The molecule has 0 aliphatic carbocycles. The number of hydrogen-bond donors (Lipinski definition) is 2. The molecular formula is C26H26N2O5S. The van der Waals surface area contributed by atoms with E-state index in [9.17, 15) is 13.2 Å². The van der Waals surface area contributed by atoms with Gasteiger partial charge >= 0.3 is 0 Å². The number of nitrogens with one attached hydrogen (secondary N) is 2. The Bertz CT molecular complexity index is 1350. The number of amides is 1. The molecular weight excluding hydrogens is 452 g/mol. The van der Waals surface area contributed by atoms with Crippen molar-refractivity contribution in [2.45, 2.75) is 25.2 Å². The van der Waals surface area contributed by atoms with E-state index in [0.717, 1.165) is 17.5 Å². The monoisotopic (exact) mass is 478 g/mol. The molecule has 34 heavy (non-hydrogen) atoms. The molecule has 1 aliphatic rings. The third kappa shape index (κ3) is 5.77. The van der Waals surface area contributed by atoms with Gasteiger partial charge in [-0.3, -0.25) is 9.52 Å². The smallest absolute Gasteiger partial charge is 0.262 e. The van der Waals surface area contributed by atoms with E-state index in [1.807, 2.05) is 31.2 Å². The standard InChI is InChI=1S/C26H26N2O5S/c1-18-5-3-6-22(15-18)28-34(30,31)25-17-21(10-7-19(25)2)27-26(29)12-9-20-8-11-23-24(16-20)33-14-4-13-32-23/h3,5-12,15-17,28H,4,13-14H2,1-2H3,(H,27,29)/b12-9+. The number of anilines is 2. The van der Waals surface area contributed by atoms with E-state index in [1.54, 1.807) is 43.3 Å². The SMILES string of the molecule is Cc1cccc(NS(=O)(=O)c2cc(NC(=O)/C=C/c3ccc4c(c3)OCCCO4)ccc2C)c1. The molecule has 176 valence electrons. The van der Waals surface area contributed by atoms with Gasteiger partial charge in [0.2, 0.25) is 5.91 Å². The highest BCUT2D eigenvalue weighted by Gasteiger charge is 2.18. The Kier molecular flexibility index (Phi) is 6.88. The normalized spacial score (nSPS) is 13.4. The first-order valence-corrected chi connectivity index (χ1v) is 12.4. The minimum Gasteiger partial charge on any atom is -0.490 e. The van der Waals surface area contributed by atoms with Crippen LogP contribution in [-0.2, 0) is 14.8 Å². The maximum atomic E-state index is 13.0. The Balaban J connectivity index is 1.47. The lowest BCUT2D eigenvalue weighted by atomic mass is 10.2. The van der Waals surface area contributed by atoms with Crippen LogP contribution in [0.1, 0.15) is 23.1 Å². The zero-order valence-electron chi connectivity index (χ0n) is 19.0. The number of ether oxygens (including phenoxy) is 2. The van der Waals surface area contributed by atoms with Gasteiger partial charge in [0.05, 0.1) is 18.1 Å². The molecule has 0 saturated heterocycles. The first-order valence-electron chi connectivity index (χ1n) is 10.9. The largest absolute Gasteiger partial charge is 0.490 e. The summed E-state index contributed by atoms with van der Waals surface area (Å²) in [6.07, 6.45) is 3.87. The zero-order chi connectivity index (χ0) is 24.1. The van der Waals surface area contributed by atoms with Crippen molar-refractivity contribution in [3.05, 3.63) is 83.4 Å². The highest BCUT2D eigenvalue weighted by atomic mass is 32.2. The maximum absolute atomic E-state index is 13.0. The molecule has 0 saturated carbocycles. The van der Waals surface area contributed by atoms with Crippen LogP contribution in [0.5, 0.6) is 11.5 Å². The molecule has 0 atom stereocenters. The molecule has 1 aliphatic heterocycles. The molecule has 1 amide bonds. The number of benzene rings is 3. The second kappa shape index (κ2) is 10.0. The Morgan fingerprint density at radius 1 is 0.912 bits per heavy atom. The lowest BCUT2D eigenvalue weighted by Crippen LogP contribution is -2.15. The summed E-state index contributed by atoms with van der Waals surface area (Å²) in [5, 5.41) is 2.72. The van der Waals surface area contributed by atoms with Crippen LogP contribution in [0.25, 0.3) is 6.08 Å². The summed E-state index contributed by atoms with van der Waals surface area (Å²) in [4.78, 5) is 12.6. The summed E-state index contributed by atoms with van der Waals surface area (Å²) in [7, 11) is -3.83. The fourth-order valence-corrected chi connectivity index (χ4v) is 4.85. The summed E-state index contributed by atoms with van der Waals surface area (Å²) >= 11 is 0. The summed E-state index contributed by atoms with van der Waals surface area (Å²) in [5.41, 5.74) is 3.16. The average molecular weight is 479 g/mol. The van der Waals surface area contributed by atoms with Crippen LogP contribution in [0, 0.1) is 13.8 Å².